The summed E-state index contributed by atoms with van der Waals surface area (Å²) < 4.78 is 33.4. The lowest BCUT2D eigenvalue weighted by Gasteiger charge is -2.30. The number of furan rings is 1. The van der Waals surface area contributed by atoms with E-state index in [4.69, 9.17) is 4.42 Å². The van der Waals surface area contributed by atoms with Crippen molar-refractivity contribution >= 4 is 15.9 Å². The quantitative estimate of drug-likeness (QED) is 0.432. The van der Waals surface area contributed by atoms with Gasteiger partial charge in [-0.2, -0.15) is 4.31 Å². The lowest BCUT2D eigenvalue weighted by Crippen LogP contribution is -2.46. The predicted molar refractivity (Wildman–Crippen MR) is 124 cm³/mol. The van der Waals surface area contributed by atoms with Gasteiger partial charge in [0.1, 0.15) is 5.76 Å². The molecule has 0 N–H and O–H groups in total. The number of benzene rings is 2. The lowest BCUT2D eigenvalue weighted by atomic mass is 10.1. The molecule has 0 aliphatic rings. The normalized spacial score (nSPS) is 12.6. The smallest absolute Gasteiger partial charge is 0.243 e. The van der Waals surface area contributed by atoms with E-state index in [2.05, 4.69) is 0 Å². The first-order valence-corrected chi connectivity index (χ1v) is 12.3. The van der Waals surface area contributed by atoms with Crippen LogP contribution in [0.15, 0.2) is 88.4 Å². The van der Waals surface area contributed by atoms with Crippen molar-refractivity contribution in [1.82, 2.24) is 9.21 Å². The van der Waals surface area contributed by atoms with Gasteiger partial charge >= 0.3 is 0 Å². The van der Waals surface area contributed by atoms with Gasteiger partial charge in [0.05, 0.1) is 24.2 Å². The Morgan fingerprint density at radius 3 is 2.22 bits per heavy atom. The molecule has 32 heavy (non-hydrogen) atoms. The third kappa shape index (κ3) is 6.08. The molecule has 0 fully saturated rings. The average molecular weight is 455 g/mol. The van der Waals surface area contributed by atoms with Crippen molar-refractivity contribution in [2.45, 2.75) is 44.2 Å². The summed E-state index contributed by atoms with van der Waals surface area (Å²) in [6, 6.07) is 21.5. The minimum atomic E-state index is -3.81. The number of hydrogen-bond donors (Lipinski definition) is 0. The highest BCUT2D eigenvalue weighted by Gasteiger charge is 2.31. The van der Waals surface area contributed by atoms with Gasteiger partial charge in [-0.3, -0.25) is 4.79 Å². The van der Waals surface area contributed by atoms with E-state index >= 15 is 0 Å². The van der Waals surface area contributed by atoms with Gasteiger partial charge < -0.3 is 9.32 Å². The molecule has 1 aromatic heterocycles. The Kier molecular flexibility index (Phi) is 8.25. The van der Waals surface area contributed by atoms with Crippen LogP contribution in [0.1, 0.15) is 31.6 Å². The topological polar surface area (TPSA) is 70.8 Å². The fraction of sp³-hybridized carbons (Fsp3) is 0.320. The predicted octanol–water partition coefficient (Wildman–Crippen LogP) is 4.34. The van der Waals surface area contributed by atoms with E-state index in [9.17, 15) is 13.2 Å². The molecule has 6 nitrogen and oxygen atoms in total. The van der Waals surface area contributed by atoms with Gasteiger partial charge in [-0.1, -0.05) is 55.5 Å². The molecule has 0 aliphatic carbocycles. The molecule has 1 amide bonds. The summed E-state index contributed by atoms with van der Waals surface area (Å²) in [6.45, 7) is 4.27. The van der Waals surface area contributed by atoms with Gasteiger partial charge in [0.25, 0.3) is 0 Å². The molecule has 0 unspecified atom stereocenters. The third-order valence-corrected chi connectivity index (χ3v) is 7.49. The summed E-state index contributed by atoms with van der Waals surface area (Å²) >= 11 is 0. The maximum Gasteiger partial charge on any atom is 0.243 e. The van der Waals surface area contributed by atoms with Crippen molar-refractivity contribution in [1.29, 1.82) is 0 Å². The number of amides is 1. The fourth-order valence-corrected chi connectivity index (χ4v) is 5.11. The van der Waals surface area contributed by atoms with E-state index in [1.807, 2.05) is 50.2 Å². The van der Waals surface area contributed by atoms with E-state index in [0.717, 1.165) is 5.56 Å². The Bertz CT molecular complexity index is 1070. The Morgan fingerprint density at radius 2 is 1.62 bits per heavy atom. The number of rotatable bonds is 11. The molecule has 0 saturated carbocycles. The minimum Gasteiger partial charge on any atom is -0.467 e. The summed E-state index contributed by atoms with van der Waals surface area (Å²) in [5.74, 6) is 0.407. The van der Waals surface area contributed by atoms with Gasteiger partial charge in [0, 0.05) is 12.6 Å². The Hall–Kier alpha value is -2.90. The van der Waals surface area contributed by atoms with E-state index in [1.165, 1.54) is 4.31 Å². The van der Waals surface area contributed by atoms with Crippen LogP contribution >= 0.6 is 0 Å². The summed E-state index contributed by atoms with van der Waals surface area (Å²) in [7, 11) is -3.81. The van der Waals surface area contributed by atoms with Crippen molar-refractivity contribution in [2.75, 3.05) is 13.1 Å². The first-order chi connectivity index (χ1) is 15.4. The molecular weight excluding hydrogens is 424 g/mol. The summed E-state index contributed by atoms with van der Waals surface area (Å²) in [4.78, 5) is 15.2. The second-order valence-electron chi connectivity index (χ2n) is 7.75. The number of carbonyl (C=O) groups is 1. The second-order valence-corrected chi connectivity index (χ2v) is 9.64. The van der Waals surface area contributed by atoms with Crippen molar-refractivity contribution in [3.63, 3.8) is 0 Å². The molecule has 0 spiro atoms. The van der Waals surface area contributed by atoms with Crippen LogP contribution in [0.5, 0.6) is 0 Å². The lowest BCUT2D eigenvalue weighted by molar-refractivity contribution is -0.132. The van der Waals surface area contributed by atoms with Crippen LogP contribution in [0.25, 0.3) is 0 Å². The third-order valence-electron chi connectivity index (χ3n) is 5.52. The number of carbonyl (C=O) groups excluding carboxylic acids is 1. The summed E-state index contributed by atoms with van der Waals surface area (Å²) in [5, 5.41) is 0. The number of hydrogen-bond acceptors (Lipinski definition) is 4. The molecule has 170 valence electrons. The molecular formula is C25H30N2O4S. The zero-order valence-corrected chi connectivity index (χ0v) is 19.4. The zero-order valence-electron chi connectivity index (χ0n) is 18.6. The highest BCUT2D eigenvalue weighted by molar-refractivity contribution is 7.89. The van der Waals surface area contributed by atoms with E-state index in [-0.39, 0.29) is 23.4 Å². The maximum atomic E-state index is 13.4. The van der Waals surface area contributed by atoms with Crippen molar-refractivity contribution < 1.29 is 17.6 Å². The Balaban J connectivity index is 1.82. The van der Waals surface area contributed by atoms with Crippen LogP contribution in [0.2, 0.25) is 0 Å². The van der Waals surface area contributed by atoms with Crippen LogP contribution in [0.3, 0.4) is 0 Å². The molecule has 0 radical (unpaired) electrons. The molecule has 1 heterocycles. The van der Waals surface area contributed by atoms with Crippen LogP contribution in [-0.2, 0) is 27.8 Å². The second kappa shape index (κ2) is 11.1. The minimum absolute atomic E-state index is 0.190. The maximum absolute atomic E-state index is 13.4. The molecule has 7 heteroatoms. The van der Waals surface area contributed by atoms with Gasteiger partial charge in [-0.25, -0.2) is 8.42 Å². The van der Waals surface area contributed by atoms with Crippen molar-refractivity contribution in [3.8, 4) is 0 Å². The standard InChI is InChI=1S/C25H30N2O4S/c1-3-21(2)27(32(29,30)24-14-8-5-9-15-24)20-25(28)26(19-23-13-10-18-31-23)17-16-22-11-6-4-7-12-22/h4-15,18,21H,3,16-17,19-20H2,1-2H3/t21-/m0/s1. The average Bonchev–Trinajstić information content (AvgIpc) is 3.34. The molecule has 3 aromatic rings. The Labute approximate surface area is 190 Å². The van der Waals surface area contributed by atoms with E-state index in [0.29, 0.717) is 31.7 Å². The van der Waals surface area contributed by atoms with Gasteiger partial charge in [-0.05, 0) is 49.6 Å². The molecule has 2 aromatic carbocycles. The van der Waals surface area contributed by atoms with Crippen LogP contribution in [-0.4, -0.2) is 42.7 Å². The molecule has 0 saturated heterocycles. The van der Waals surface area contributed by atoms with E-state index < -0.39 is 10.0 Å². The number of sulfonamides is 1. The van der Waals surface area contributed by atoms with Crippen LogP contribution in [0, 0.1) is 0 Å². The summed E-state index contributed by atoms with van der Waals surface area (Å²) in [6.07, 6.45) is 2.84. The Morgan fingerprint density at radius 1 is 0.969 bits per heavy atom. The highest BCUT2D eigenvalue weighted by Crippen LogP contribution is 2.20. The van der Waals surface area contributed by atoms with Gasteiger partial charge in [0.2, 0.25) is 15.9 Å². The van der Waals surface area contributed by atoms with Crippen molar-refractivity contribution in [3.05, 3.63) is 90.4 Å². The number of nitrogens with zero attached hydrogens (tertiary/aromatic N) is 2. The molecule has 0 aliphatic heterocycles. The van der Waals surface area contributed by atoms with Gasteiger partial charge in [0.15, 0.2) is 0 Å². The first kappa shape index (κ1) is 23.8. The summed E-state index contributed by atoms with van der Waals surface area (Å²) in [5.41, 5.74) is 1.11. The zero-order chi connectivity index (χ0) is 23.0. The fourth-order valence-electron chi connectivity index (χ4n) is 3.43. The van der Waals surface area contributed by atoms with Gasteiger partial charge in [-0.15, -0.1) is 0 Å². The molecule has 0 bridgehead atoms. The monoisotopic (exact) mass is 454 g/mol. The SMILES string of the molecule is CC[C@H](C)N(CC(=O)N(CCc1ccccc1)Cc1ccco1)S(=O)(=O)c1ccccc1. The van der Waals surface area contributed by atoms with Crippen molar-refractivity contribution in [2.24, 2.45) is 0 Å². The highest BCUT2D eigenvalue weighted by atomic mass is 32.2. The molecule has 1 atom stereocenters. The first-order valence-electron chi connectivity index (χ1n) is 10.8. The van der Waals surface area contributed by atoms with E-state index in [1.54, 1.807) is 47.6 Å². The largest absolute Gasteiger partial charge is 0.467 e. The molecule has 3 rings (SSSR count). The van der Waals surface area contributed by atoms with Crippen LogP contribution in [0.4, 0.5) is 0 Å². The van der Waals surface area contributed by atoms with Crippen LogP contribution < -0.4 is 0 Å².